The highest BCUT2D eigenvalue weighted by Crippen LogP contribution is 2.52. The maximum absolute atomic E-state index is 11.3. The number of hydrogen-bond donors (Lipinski definition) is 3. The summed E-state index contributed by atoms with van der Waals surface area (Å²) in [4.78, 5) is 17.9. The van der Waals surface area contributed by atoms with E-state index in [1.54, 1.807) is 0 Å². The Hall–Kier alpha value is -0.920. The molecule has 0 spiro atoms. The third kappa shape index (κ3) is 4.75. The standard InChI is InChI=1S/C7H10O9P2/c1-13-17(9,10)15-16-18(11,12)14-7-5-3-2-4-6(7)8/h2-5,8H,1H3,(H,9,10)(H,11,12). The van der Waals surface area contributed by atoms with Crippen molar-refractivity contribution in [3.63, 3.8) is 0 Å². The summed E-state index contributed by atoms with van der Waals surface area (Å²) in [6.07, 6.45) is 0. The van der Waals surface area contributed by atoms with E-state index in [-0.39, 0.29) is 5.75 Å². The van der Waals surface area contributed by atoms with Gasteiger partial charge < -0.3 is 14.5 Å². The molecule has 0 saturated carbocycles. The minimum Gasteiger partial charge on any atom is -0.504 e. The van der Waals surface area contributed by atoms with E-state index >= 15 is 0 Å². The molecule has 2 atom stereocenters. The van der Waals surface area contributed by atoms with Crippen LogP contribution < -0.4 is 4.52 Å². The summed E-state index contributed by atoms with van der Waals surface area (Å²) < 4.78 is 37.9. The molecule has 3 N–H and O–H groups in total. The normalized spacial score (nSPS) is 17.7. The topological polar surface area (TPSA) is 132 Å². The molecule has 9 nitrogen and oxygen atoms in total. The van der Waals surface area contributed by atoms with Gasteiger partial charge in [0, 0.05) is 7.11 Å². The van der Waals surface area contributed by atoms with Gasteiger partial charge in [0.2, 0.25) is 0 Å². The Morgan fingerprint density at radius 2 is 1.61 bits per heavy atom. The summed E-state index contributed by atoms with van der Waals surface area (Å²) >= 11 is 0. The number of phenolic OH excluding ortho intramolecular Hbond substituents is 1. The van der Waals surface area contributed by atoms with Crippen molar-refractivity contribution < 1.29 is 42.4 Å². The monoisotopic (exact) mass is 300 g/mol. The predicted molar refractivity (Wildman–Crippen MR) is 57.6 cm³/mol. The number of para-hydroxylation sites is 2. The molecule has 0 aliphatic carbocycles. The Morgan fingerprint density at radius 1 is 1.06 bits per heavy atom. The first kappa shape index (κ1) is 15.1. The Labute approximate surface area is 102 Å². The van der Waals surface area contributed by atoms with E-state index in [1.807, 2.05) is 0 Å². The van der Waals surface area contributed by atoms with Gasteiger partial charge in [-0.2, -0.15) is 0 Å². The van der Waals surface area contributed by atoms with Crippen molar-refractivity contribution in [1.82, 2.24) is 0 Å². The van der Waals surface area contributed by atoms with Gasteiger partial charge in [0.25, 0.3) is 0 Å². The zero-order valence-electron chi connectivity index (χ0n) is 8.99. The second kappa shape index (κ2) is 5.81. The molecule has 0 aliphatic heterocycles. The molecule has 18 heavy (non-hydrogen) atoms. The van der Waals surface area contributed by atoms with Gasteiger partial charge in [-0.3, -0.25) is 9.42 Å². The minimum atomic E-state index is -4.85. The summed E-state index contributed by atoms with van der Waals surface area (Å²) in [7, 11) is -8.60. The molecule has 2 unspecified atom stereocenters. The van der Waals surface area contributed by atoms with Crippen LogP contribution in [0.5, 0.6) is 11.5 Å². The fraction of sp³-hybridized carbons (Fsp3) is 0.143. The lowest BCUT2D eigenvalue weighted by Gasteiger charge is -2.13. The Bertz CT molecular complexity index is 501. The molecule has 11 heteroatoms. The van der Waals surface area contributed by atoms with E-state index < -0.39 is 21.4 Å². The molecule has 102 valence electrons. The van der Waals surface area contributed by atoms with Gasteiger partial charge in [0.05, 0.1) is 0 Å². The first-order valence-corrected chi connectivity index (χ1v) is 7.32. The number of rotatable bonds is 6. The van der Waals surface area contributed by atoms with E-state index in [2.05, 4.69) is 18.4 Å². The van der Waals surface area contributed by atoms with Gasteiger partial charge in [-0.15, -0.1) is 9.35 Å². The van der Waals surface area contributed by atoms with Crippen LogP contribution in [0.4, 0.5) is 0 Å². The number of phosphoric ester groups is 2. The maximum Gasteiger partial charge on any atom is 0.555 e. The second-order valence-corrected chi connectivity index (χ2v) is 5.55. The number of phenols is 1. The fourth-order valence-corrected chi connectivity index (χ4v) is 1.96. The Morgan fingerprint density at radius 3 is 2.17 bits per heavy atom. The van der Waals surface area contributed by atoms with Crippen LogP contribution in [0.3, 0.4) is 0 Å². The average molecular weight is 300 g/mol. The van der Waals surface area contributed by atoms with Crippen molar-refractivity contribution in [1.29, 1.82) is 0 Å². The largest absolute Gasteiger partial charge is 0.555 e. The predicted octanol–water partition coefficient (Wildman–Crippen LogP) is 1.57. The molecular formula is C7H10O9P2. The van der Waals surface area contributed by atoms with E-state index in [4.69, 9.17) is 9.79 Å². The van der Waals surface area contributed by atoms with Crippen molar-refractivity contribution in [3.05, 3.63) is 24.3 Å². The number of benzene rings is 1. The van der Waals surface area contributed by atoms with Crippen molar-refractivity contribution in [2.24, 2.45) is 0 Å². The van der Waals surface area contributed by atoms with E-state index in [0.717, 1.165) is 7.11 Å². The van der Waals surface area contributed by atoms with Crippen LogP contribution in [0.15, 0.2) is 24.3 Å². The first-order chi connectivity index (χ1) is 8.26. The van der Waals surface area contributed by atoms with Crippen LogP contribution in [-0.2, 0) is 23.0 Å². The smallest absolute Gasteiger partial charge is 0.504 e. The summed E-state index contributed by atoms with van der Waals surface area (Å²) in [6.45, 7) is 0. The summed E-state index contributed by atoms with van der Waals surface area (Å²) in [5.41, 5.74) is 0. The lowest BCUT2D eigenvalue weighted by molar-refractivity contribution is -0.143. The molecule has 0 amide bonds. The van der Waals surface area contributed by atoms with Gasteiger partial charge in [0.15, 0.2) is 11.5 Å². The molecule has 0 fully saturated rings. The Balaban J connectivity index is 2.69. The number of hydrogen-bond acceptors (Lipinski definition) is 7. The number of aromatic hydroxyl groups is 1. The minimum absolute atomic E-state index is 0.364. The van der Waals surface area contributed by atoms with Gasteiger partial charge in [-0.25, -0.2) is 9.13 Å². The van der Waals surface area contributed by atoms with E-state index in [0.29, 0.717) is 0 Å². The quantitative estimate of drug-likeness (QED) is 0.406. The molecule has 0 radical (unpaired) electrons. The highest BCUT2D eigenvalue weighted by Gasteiger charge is 2.32. The van der Waals surface area contributed by atoms with Crippen LogP contribution in [0.25, 0.3) is 0 Å². The molecule has 1 rings (SSSR count). The van der Waals surface area contributed by atoms with Crippen molar-refractivity contribution in [2.75, 3.05) is 7.11 Å². The van der Waals surface area contributed by atoms with Crippen molar-refractivity contribution >= 4 is 15.6 Å². The zero-order chi connectivity index (χ0) is 13.8. The van der Waals surface area contributed by atoms with Crippen molar-refractivity contribution in [3.8, 4) is 11.5 Å². The molecule has 1 aromatic carbocycles. The molecule has 0 aromatic heterocycles. The number of phosphoric acid groups is 2. The third-order valence-electron chi connectivity index (χ3n) is 1.53. The van der Waals surface area contributed by atoms with Gasteiger partial charge in [0.1, 0.15) is 0 Å². The zero-order valence-corrected chi connectivity index (χ0v) is 10.8. The summed E-state index contributed by atoms with van der Waals surface area (Å²) in [5.74, 6) is -0.786. The lowest BCUT2D eigenvalue weighted by Crippen LogP contribution is -1.99. The summed E-state index contributed by atoms with van der Waals surface area (Å²) in [6, 6.07) is 5.25. The SMILES string of the molecule is COP(=O)(O)OOP(=O)(O)Oc1ccccc1O. The van der Waals surface area contributed by atoms with Gasteiger partial charge in [-0.1, -0.05) is 12.1 Å². The van der Waals surface area contributed by atoms with Crippen LogP contribution >= 0.6 is 15.6 Å². The second-order valence-electron chi connectivity index (χ2n) is 2.83. The average Bonchev–Trinajstić information content (AvgIpc) is 2.30. The first-order valence-electron chi connectivity index (χ1n) is 4.33. The lowest BCUT2D eigenvalue weighted by atomic mass is 10.3. The van der Waals surface area contributed by atoms with E-state index in [1.165, 1.54) is 24.3 Å². The highest BCUT2D eigenvalue weighted by atomic mass is 31.2. The van der Waals surface area contributed by atoms with E-state index in [9.17, 15) is 14.2 Å². The van der Waals surface area contributed by atoms with Crippen LogP contribution in [0.2, 0.25) is 0 Å². The molecule has 0 heterocycles. The van der Waals surface area contributed by atoms with Crippen LogP contribution in [-0.4, -0.2) is 22.0 Å². The highest BCUT2D eigenvalue weighted by molar-refractivity contribution is 7.50. The maximum atomic E-state index is 11.3. The summed E-state index contributed by atoms with van der Waals surface area (Å²) in [5, 5.41) is 9.27. The molecule has 0 saturated heterocycles. The van der Waals surface area contributed by atoms with Crippen molar-refractivity contribution in [2.45, 2.75) is 0 Å². The van der Waals surface area contributed by atoms with Crippen LogP contribution in [0, 0.1) is 0 Å². The fourth-order valence-electron chi connectivity index (χ4n) is 0.789. The Kier molecular flexibility index (Phi) is 4.89. The molecular weight excluding hydrogens is 290 g/mol. The van der Waals surface area contributed by atoms with Gasteiger partial charge >= 0.3 is 15.6 Å². The third-order valence-corrected chi connectivity index (χ3v) is 3.06. The molecule has 0 bridgehead atoms. The van der Waals surface area contributed by atoms with Gasteiger partial charge in [-0.05, 0) is 12.1 Å². The molecule has 0 aliphatic rings. The molecule has 1 aromatic rings. The van der Waals surface area contributed by atoms with Crippen LogP contribution in [0.1, 0.15) is 0 Å².